The molecule has 3 aliphatic rings. The Morgan fingerprint density at radius 2 is 1.93 bits per heavy atom. The van der Waals surface area contributed by atoms with Crippen molar-refractivity contribution in [3.8, 4) is 0 Å². The third-order valence-electron chi connectivity index (χ3n) is 5.89. The number of hydrogen-bond acceptors (Lipinski definition) is 4. The maximum Gasteiger partial charge on any atom is 0.290 e. The number of carbonyl (C=O) groups excluding carboxylic acids is 2. The van der Waals surface area contributed by atoms with E-state index in [-0.39, 0.29) is 24.2 Å². The first-order chi connectivity index (χ1) is 13.0. The molecule has 2 saturated heterocycles. The van der Waals surface area contributed by atoms with E-state index < -0.39 is 0 Å². The zero-order valence-electron chi connectivity index (χ0n) is 15.7. The molecule has 0 bridgehead atoms. The van der Waals surface area contributed by atoms with Crippen LogP contribution in [0.15, 0.2) is 24.3 Å². The fraction of sp³-hybridized carbons (Fsp3) is 0.550. The van der Waals surface area contributed by atoms with Crippen LogP contribution >= 0.6 is 0 Å². The zero-order valence-corrected chi connectivity index (χ0v) is 15.7. The largest absolute Gasteiger partial charge is 0.483 e. The highest BCUT2D eigenvalue weighted by Crippen LogP contribution is 2.31. The molecule has 2 fully saturated rings. The number of piperidine rings is 1. The molecule has 3 aliphatic heterocycles. The van der Waals surface area contributed by atoms with E-state index in [1.165, 1.54) is 11.1 Å². The van der Waals surface area contributed by atoms with Crippen LogP contribution in [0.25, 0.3) is 0 Å². The molecule has 0 aromatic heterocycles. The predicted molar refractivity (Wildman–Crippen MR) is 99.9 cm³/mol. The number of rotatable bonds is 2. The van der Waals surface area contributed by atoms with Gasteiger partial charge >= 0.3 is 0 Å². The molecule has 0 spiro atoms. The van der Waals surface area contributed by atoms with E-state index >= 15 is 0 Å². The fourth-order valence-electron chi connectivity index (χ4n) is 4.38. The minimum atomic E-state index is -0.250. The molecule has 2 amide bonds. The molecule has 0 aliphatic carbocycles. The minimum Gasteiger partial charge on any atom is -0.483 e. The fourth-order valence-corrected chi connectivity index (χ4v) is 4.38. The van der Waals surface area contributed by atoms with Gasteiger partial charge in [-0.3, -0.25) is 19.3 Å². The molecule has 4 rings (SSSR count). The molecule has 1 aromatic rings. The van der Waals surface area contributed by atoms with Gasteiger partial charge in [0, 0.05) is 39.8 Å². The van der Waals surface area contributed by atoms with Gasteiger partial charge in [-0.25, -0.2) is 0 Å². The summed E-state index contributed by atoms with van der Waals surface area (Å²) in [5, 5.41) is 6.89. The van der Waals surface area contributed by atoms with Crippen LogP contribution in [0.5, 0.6) is 0 Å². The van der Waals surface area contributed by atoms with E-state index in [2.05, 4.69) is 29.2 Å². The van der Waals surface area contributed by atoms with Gasteiger partial charge in [0.05, 0.1) is 12.5 Å². The molecule has 7 heteroatoms. The highest BCUT2D eigenvalue weighted by Gasteiger charge is 2.43. The first-order valence-electron chi connectivity index (χ1n) is 9.43. The Kier molecular flexibility index (Phi) is 6.11. The molecule has 7 nitrogen and oxygen atoms in total. The summed E-state index contributed by atoms with van der Waals surface area (Å²) in [5.41, 5.74) is 2.74. The maximum absolute atomic E-state index is 12.7. The first kappa shape index (κ1) is 19.4. The zero-order chi connectivity index (χ0) is 19.4. The van der Waals surface area contributed by atoms with Crippen molar-refractivity contribution in [2.75, 3.05) is 39.8 Å². The summed E-state index contributed by atoms with van der Waals surface area (Å²) in [7, 11) is 1.87. The van der Waals surface area contributed by atoms with E-state index in [1.54, 1.807) is 0 Å². The number of nitrogens with zero attached hydrogens (tertiary/aromatic N) is 3. The van der Waals surface area contributed by atoms with Crippen LogP contribution in [0.4, 0.5) is 0 Å². The molecule has 1 N–H and O–H groups in total. The van der Waals surface area contributed by atoms with Crippen LogP contribution in [-0.4, -0.2) is 77.9 Å². The van der Waals surface area contributed by atoms with E-state index in [9.17, 15) is 9.59 Å². The molecular formula is C20H27N3O4. The Morgan fingerprint density at radius 1 is 1.22 bits per heavy atom. The van der Waals surface area contributed by atoms with Crippen LogP contribution in [0.2, 0.25) is 0 Å². The normalized spacial score (nSPS) is 24.6. The molecule has 146 valence electrons. The molecule has 0 radical (unpaired) electrons. The van der Waals surface area contributed by atoms with E-state index in [1.807, 2.05) is 16.8 Å². The van der Waals surface area contributed by atoms with Crippen LogP contribution in [0, 0.1) is 11.8 Å². The van der Waals surface area contributed by atoms with Gasteiger partial charge in [0.15, 0.2) is 0 Å². The highest BCUT2D eigenvalue weighted by molar-refractivity contribution is 5.83. The Balaban J connectivity index is 0.000000659. The lowest BCUT2D eigenvalue weighted by Crippen LogP contribution is -2.43. The van der Waals surface area contributed by atoms with Gasteiger partial charge in [0.2, 0.25) is 11.8 Å². The van der Waals surface area contributed by atoms with Crippen molar-refractivity contribution in [2.24, 2.45) is 11.8 Å². The standard InChI is InChI=1S/C19H25N3O2.CH2O2/c1-20-8-6-16-11-22(12-17(16)19(20)24)18(23)13-21-9-7-14-4-2-3-5-15(14)10-21;2-1-3/h2-5,16-17H,6-13H2,1H3;1H,(H,2,3)/t16-,17+;/m1./s1. The predicted octanol–water partition coefficient (Wildman–Crippen LogP) is 0.682. The molecule has 2 atom stereocenters. The Bertz CT molecular complexity index is 708. The first-order valence-corrected chi connectivity index (χ1v) is 9.43. The lowest BCUT2D eigenvalue weighted by atomic mass is 9.88. The summed E-state index contributed by atoms with van der Waals surface area (Å²) in [6, 6.07) is 8.49. The van der Waals surface area contributed by atoms with E-state index in [0.29, 0.717) is 19.0 Å². The summed E-state index contributed by atoms with van der Waals surface area (Å²) in [4.78, 5) is 39.3. The van der Waals surface area contributed by atoms with Gasteiger partial charge in [0.1, 0.15) is 0 Å². The van der Waals surface area contributed by atoms with E-state index in [4.69, 9.17) is 9.90 Å². The van der Waals surface area contributed by atoms with Crippen molar-refractivity contribution in [1.29, 1.82) is 0 Å². The summed E-state index contributed by atoms with van der Waals surface area (Å²) in [6.45, 7) is 4.20. The molecular weight excluding hydrogens is 346 g/mol. The number of carbonyl (C=O) groups is 3. The lowest BCUT2D eigenvalue weighted by molar-refractivity contribution is -0.138. The summed E-state index contributed by atoms with van der Waals surface area (Å²) in [5.74, 6) is 0.780. The van der Waals surface area contributed by atoms with Crippen molar-refractivity contribution in [3.05, 3.63) is 35.4 Å². The van der Waals surface area contributed by atoms with Gasteiger partial charge in [0.25, 0.3) is 6.47 Å². The molecule has 1 aromatic carbocycles. The topological polar surface area (TPSA) is 81.2 Å². The second-order valence-electron chi connectivity index (χ2n) is 7.55. The van der Waals surface area contributed by atoms with Gasteiger partial charge < -0.3 is 14.9 Å². The average molecular weight is 373 g/mol. The molecule has 27 heavy (non-hydrogen) atoms. The van der Waals surface area contributed by atoms with Crippen LogP contribution in [0.3, 0.4) is 0 Å². The van der Waals surface area contributed by atoms with Gasteiger partial charge in [-0.05, 0) is 29.9 Å². The summed E-state index contributed by atoms with van der Waals surface area (Å²) >= 11 is 0. The van der Waals surface area contributed by atoms with Crippen LogP contribution in [-0.2, 0) is 27.3 Å². The van der Waals surface area contributed by atoms with Crippen molar-refractivity contribution in [2.45, 2.75) is 19.4 Å². The average Bonchev–Trinajstić information content (AvgIpc) is 3.11. The number of carboxylic acid groups (broad SMARTS) is 1. The molecule has 3 heterocycles. The van der Waals surface area contributed by atoms with E-state index in [0.717, 1.165) is 39.0 Å². The van der Waals surface area contributed by atoms with Crippen LogP contribution < -0.4 is 0 Å². The summed E-state index contributed by atoms with van der Waals surface area (Å²) < 4.78 is 0. The number of amides is 2. The SMILES string of the molecule is CN1CC[C@@H]2CN(C(=O)CN3CCc4ccccc4C3)C[C@@H]2C1=O.O=CO. The minimum absolute atomic E-state index is 0.0229. The van der Waals surface area contributed by atoms with Crippen molar-refractivity contribution >= 4 is 18.3 Å². The number of benzene rings is 1. The molecule has 0 saturated carbocycles. The summed E-state index contributed by atoms with van der Waals surface area (Å²) in [6.07, 6.45) is 2.03. The second kappa shape index (κ2) is 8.52. The Hall–Kier alpha value is -2.41. The molecule has 0 unspecified atom stereocenters. The van der Waals surface area contributed by atoms with Gasteiger partial charge in [-0.2, -0.15) is 0 Å². The monoisotopic (exact) mass is 373 g/mol. The highest BCUT2D eigenvalue weighted by atomic mass is 16.3. The van der Waals surface area contributed by atoms with Crippen molar-refractivity contribution < 1.29 is 19.5 Å². The van der Waals surface area contributed by atoms with Gasteiger partial charge in [-0.1, -0.05) is 24.3 Å². The number of hydrogen-bond donors (Lipinski definition) is 1. The Morgan fingerprint density at radius 3 is 2.67 bits per heavy atom. The Labute approximate surface area is 159 Å². The van der Waals surface area contributed by atoms with Gasteiger partial charge in [-0.15, -0.1) is 0 Å². The maximum atomic E-state index is 12.7. The quantitative estimate of drug-likeness (QED) is 0.771. The van der Waals surface area contributed by atoms with Crippen LogP contribution in [0.1, 0.15) is 17.5 Å². The third-order valence-corrected chi connectivity index (χ3v) is 5.89. The third kappa shape index (κ3) is 4.30. The smallest absolute Gasteiger partial charge is 0.290 e. The lowest BCUT2D eigenvalue weighted by Gasteiger charge is -2.30. The van der Waals surface area contributed by atoms with Crippen molar-refractivity contribution in [1.82, 2.24) is 14.7 Å². The second-order valence-corrected chi connectivity index (χ2v) is 7.55. The number of likely N-dealkylation sites (tertiary alicyclic amines) is 2. The van der Waals surface area contributed by atoms with Crippen molar-refractivity contribution in [3.63, 3.8) is 0 Å². The number of fused-ring (bicyclic) bond motifs is 2.